The van der Waals surface area contributed by atoms with E-state index in [-0.39, 0.29) is 0 Å². The van der Waals surface area contributed by atoms with Crippen LogP contribution in [0.4, 0.5) is 0 Å². The van der Waals surface area contributed by atoms with Crippen molar-refractivity contribution < 1.29 is 0 Å². The lowest BCUT2D eigenvalue weighted by molar-refractivity contribution is 1.31. The van der Waals surface area contributed by atoms with E-state index in [1.165, 1.54) is 5.56 Å². The van der Waals surface area contributed by atoms with Gasteiger partial charge in [-0.05, 0) is 11.1 Å². The number of rotatable bonds is 4. The predicted octanol–water partition coefficient (Wildman–Crippen LogP) is 3.19. The summed E-state index contributed by atoms with van der Waals surface area (Å²) in [7, 11) is 0. The summed E-state index contributed by atoms with van der Waals surface area (Å²) in [4.78, 5) is 2.67. The minimum atomic E-state index is 0.505. The highest BCUT2D eigenvalue weighted by atomic mass is 32.2. The highest BCUT2D eigenvalue weighted by Gasteiger charge is 1.89. The average Bonchev–Trinajstić information content (AvgIpc) is 2.14. The zero-order valence-electron chi connectivity index (χ0n) is 6.55. The van der Waals surface area contributed by atoms with Crippen molar-refractivity contribution in [2.75, 3.05) is 5.88 Å². The maximum atomic E-state index is 8.01. The van der Waals surface area contributed by atoms with Crippen LogP contribution in [0, 0.1) is 0 Å². The second-order valence-electron chi connectivity index (χ2n) is 2.19. The van der Waals surface area contributed by atoms with E-state index in [4.69, 9.17) is 5.53 Å². The minimum Gasteiger partial charge on any atom is -0.151 e. The molecule has 1 aromatic carbocycles. The molecular weight excluding hydrogens is 170 g/mol. The Morgan fingerprint density at radius 1 is 1.33 bits per heavy atom. The molecule has 0 amide bonds. The first-order valence-corrected chi connectivity index (χ1v) is 4.71. The molecule has 0 saturated carbocycles. The fourth-order valence-corrected chi connectivity index (χ4v) is 1.46. The molecule has 0 radical (unpaired) electrons. The van der Waals surface area contributed by atoms with Gasteiger partial charge in [-0.15, -0.1) is 0 Å². The monoisotopic (exact) mass is 179 g/mol. The van der Waals surface area contributed by atoms with Gasteiger partial charge in [0.1, 0.15) is 0 Å². The van der Waals surface area contributed by atoms with E-state index in [2.05, 4.69) is 22.2 Å². The van der Waals surface area contributed by atoms with Gasteiger partial charge in [-0.25, -0.2) is 0 Å². The number of nitrogens with zero attached hydrogens (tertiary/aromatic N) is 3. The van der Waals surface area contributed by atoms with Crippen LogP contribution < -0.4 is 0 Å². The first kappa shape index (κ1) is 8.97. The molecule has 3 nitrogen and oxygen atoms in total. The van der Waals surface area contributed by atoms with E-state index in [0.717, 1.165) is 5.75 Å². The number of thioether (sulfide) groups is 1. The van der Waals surface area contributed by atoms with Crippen molar-refractivity contribution in [3.8, 4) is 0 Å². The summed E-state index contributed by atoms with van der Waals surface area (Å²) in [5.74, 6) is 1.41. The lowest BCUT2D eigenvalue weighted by Gasteiger charge is -1.96. The zero-order chi connectivity index (χ0) is 8.65. The van der Waals surface area contributed by atoms with Crippen LogP contribution in [0.2, 0.25) is 0 Å². The third kappa shape index (κ3) is 3.32. The molecule has 1 rings (SSSR count). The Kier molecular flexibility index (Phi) is 4.13. The Morgan fingerprint density at radius 3 is 2.75 bits per heavy atom. The van der Waals surface area contributed by atoms with E-state index in [1.54, 1.807) is 11.8 Å². The first-order chi connectivity index (χ1) is 5.93. The Labute approximate surface area is 75.4 Å². The molecule has 0 aliphatic carbocycles. The molecule has 4 heteroatoms. The topological polar surface area (TPSA) is 48.8 Å². The van der Waals surface area contributed by atoms with Crippen LogP contribution in [0.3, 0.4) is 0 Å². The fourth-order valence-electron chi connectivity index (χ4n) is 0.804. The summed E-state index contributed by atoms with van der Waals surface area (Å²) < 4.78 is 0. The largest absolute Gasteiger partial charge is 0.151 e. The quantitative estimate of drug-likeness (QED) is 0.303. The molecule has 0 aliphatic heterocycles. The lowest BCUT2D eigenvalue weighted by Crippen LogP contribution is -1.78. The number of hydrogen-bond donors (Lipinski definition) is 0. The van der Waals surface area contributed by atoms with Crippen LogP contribution in [0.25, 0.3) is 10.4 Å². The molecule has 0 unspecified atom stereocenters. The van der Waals surface area contributed by atoms with Crippen LogP contribution >= 0.6 is 11.8 Å². The van der Waals surface area contributed by atoms with Crippen molar-refractivity contribution in [1.82, 2.24) is 0 Å². The van der Waals surface area contributed by atoms with Gasteiger partial charge in [0, 0.05) is 10.7 Å². The van der Waals surface area contributed by atoms with Crippen molar-refractivity contribution in [3.63, 3.8) is 0 Å². The highest BCUT2D eigenvalue weighted by Crippen LogP contribution is 2.11. The van der Waals surface area contributed by atoms with Gasteiger partial charge in [-0.2, -0.15) is 11.8 Å². The maximum Gasteiger partial charge on any atom is 0.0724 e. The summed E-state index contributed by atoms with van der Waals surface area (Å²) in [6, 6.07) is 10.1. The van der Waals surface area contributed by atoms with Gasteiger partial charge < -0.3 is 0 Å². The van der Waals surface area contributed by atoms with E-state index in [1.807, 2.05) is 18.2 Å². The summed E-state index contributed by atoms with van der Waals surface area (Å²) in [5.41, 5.74) is 9.27. The van der Waals surface area contributed by atoms with E-state index in [9.17, 15) is 0 Å². The Morgan fingerprint density at radius 2 is 2.08 bits per heavy atom. The van der Waals surface area contributed by atoms with Crippen molar-refractivity contribution in [1.29, 1.82) is 0 Å². The number of hydrogen-bond acceptors (Lipinski definition) is 2. The Hall–Kier alpha value is -1.12. The molecule has 0 heterocycles. The standard InChI is InChI=1S/C8H9N3S/c9-11-10-7-12-6-8-4-2-1-3-5-8/h1-5H,6-7H2. The van der Waals surface area contributed by atoms with Crippen LogP contribution in [-0.4, -0.2) is 5.88 Å². The second-order valence-corrected chi connectivity index (χ2v) is 3.15. The molecule has 0 saturated heterocycles. The summed E-state index contributed by atoms with van der Waals surface area (Å²) >= 11 is 1.61. The van der Waals surface area contributed by atoms with E-state index >= 15 is 0 Å². The number of azide groups is 1. The van der Waals surface area contributed by atoms with E-state index in [0.29, 0.717) is 5.88 Å². The van der Waals surface area contributed by atoms with Crippen molar-refractivity contribution in [2.45, 2.75) is 5.75 Å². The van der Waals surface area contributed by atoms with Crippen molar-refractivity contribution in [2.24, 2.45) is 5.11 Å². The second kappa shape index (κ2) is 5.52. The molecule has 0 N–H and O–H groups in total. The molecule has 0 spiro atoms. The molecule has 0 atom stereocenters. The van der Waals surface area contributed by atoms with Gasteiger partial charge in [0.05, 0.1) is 5.88 Å². The molecule has 0 aliphatic rings. The minimum absolute atomic E-state index is 0.505. The molecule has 12 heavy (non-hydrogen) atoms. The Bertz CT molecular complexity index is 267. The van der Waals surface area contributed by atoms with Crippen molar-refractivity contribution in [3.05, 3.63) is 46.3 Å². The Balaban J connectivity index is 2.29. The molecule has 0 bridgehead atoms. The van der Waals surface area contributed by atoms with Gasteiger partial charge >= 0.3 is 0 Å². The normalized spacial score (nSPS) is 9.00. The third-order valence-corrected chi connectivity index (χ3v) is 2.16. The summed E-state index contributed by atoms with van der Waals surface area (Å²) in [6.07, 6.45) is 0. The average molecular weight is 179 g/mol. The van der Waals surface area contributed by atoms with Gasteiger partial charge in [-0.1, -0.05) is 35.4 Å². The SMILES string of the molecule is [N-]=[N+]=NCSCc1ccccc1. The highest BCUT2D eigenvalue weighted by molar-refractivity contribution is 7.98. The van der Waals surface area contributed by atoms with Gasteiger partial charge in [0.15, 0.2) is 0 Å². The summed E-state index contributed by atoms with van der Waals surface area (Å²) in [5, 5.41) is 3.43. The molecular formula is C8H9N3S. The molecule has 62 valence electrons. The fraction of sp³-hybridized carbons (Fsp3) is 0.250. The van der Waals surface area contributed by atoms with Crippen LogP contribution in [0.15, 0.2) is 35.4 Å². The maximum absolute atomic E-state index is 8.01. The van der Waals surface area contributed by atoms with Gasteiger partial charge in [0.2, 0.25) is 0 Å². The van der Waals surface area contributed by atoms with Crippen LogP contribution in [0.5, 0.6) is 0 Å². The third-order valence-electron chi connectivity index (χ3n) is 1.32. The number of benzene rings is 1. The lowest BCUT2D eigenvalue weighted by atomic mass is 10.2. The zero-order valence-corrected chi connectivity index (χ0v) is 7.37. The van der Waals surface area contributed by atoms with Crippen molar-refractivity contribution >= 4 is 11.8 Å². The summed E-state index contributed by atoms with van der Waals surface area (Å²) in [6.45, 7) is 0. The van der Waals surface area contributed by atoms with Gasteiger partial charge in [-0.3, -0.25) is 0 Å². The predicted molar refractivity (Wildman–Crippen MR) is 51.8 cm³/mol. The smallest absolute Gasteiger partial charge is 0.0724 e. The van der Waals surface area contributed by atoms with Crippen LogP contribution in [0.1, 0.15) is 5.56 Å². The molecule has 0 fully saturated rings. The first-order valence-electron chi connectivity index (χ1n) is 3.56. The van der Waals surface area contributed by atoms with E-state index < -0.39 is 0 Å². The molecule has 1 aromatic rings. The van der Waals surface area contributed by atoms with Gasteiger partial charge in [0.25, 0.3) is 0 Å². The van der Waals surface area contributed by atoms with Crippen LogP contribution in [-0.2, 0) is 5.75 Å². The molecule has 0 aromatic heterocycles.